The van der Waals surface area contributed by atoms with E-state index in [0.29, 0.717) is 5.16 Å². The van der Waals surface area contributed by atoms with Gasteiger partial charge in [-0.15, -0.1) is 0 Å². The van der Waals surface area contributed by atoms with E-state index in [-0.39, 0.29) is 17.7 Å². The van der Waals surface area contributed by atoms with Gasteiger partial charge in [-0.1, -0.05) is 11.8 Å². The number of nitrogens with one attached hydrogen (secondary N) is 1. The number of carboxylic acids is 1. The van der Waals surface area contributed by atoms with Crippen LogP contribution >= 0.6 is 11.8 Å². The normalized spacial score (nSPS) is 12.3. The molecular formula is C8H10N2O4S. The molecule has 1 heterocycles. The third-order valence-corrected chi connectivity index (χ3v) is 2.50. The third-order valence-electron chi connectivity index (χ3n) is 1.47. The molecule has 1 atom stereocenters. The Morgan fingerprint density at radius 2 is 2.40 bits per heavy atom. The average Bonchev–Trinajstić information content (AvgIpc) is 2.14. The molecule has 1 aromatic heterocycles. The Hall–Kier alpha value is -1.34. The fraction of sp³-hybridized carbons (Fsp3) is 0.375. The van der Waals surface area contributed by atoms with Crippen molar-refractivity contribution in [2.45, 2.75) is 17.7 Å². The molecule has 0 aliphatic heterocycles. The zero-order valence-corrected chi connectivity index (χ0v) is 8.53. The number of H-pyrrole nitrogens is 1. The molecule has 1 unspecified atom stereocenters. The quantitative estimate of drug-likeness (QED) is 0.474. The van der Waals surface area contributed by atoms with E-state index in [1.165, 1.54) is 12.3 Å². The van der Waals surface area contributed by atoms with Crippen molar-refractivity contribution in [3.8, 4) is 0 Å². The number of nitrogens with zero attached hydrogens (tertiary/aromatic N) is 1. The van der Waals surface area contributed by atoms with Gasteiger partial charge in [0.15, 0.2) is 5.16 Å². The molecule has 1 aromatic rings. The van der Waals surface area contributed by atoms with Crippen LogP contribution in [0.15, 0.2) is 22.2 Å². The highest BCUT2D eigenvalue weighted by Crippen LogP contribution is 2.12. The highest BCUT2D eigenvalue weighted by molar-refractivity contribution is 7.99. The molecule has 7 heteroatoms. The number of aromatic amines is 1. The molecule has 0 aliphatic rings. The van der Waals surface area contributed by atoms with Gasteiger partial charge in [0.1, 0.15) is 0 Å². The molecule has 0 radical (unpaired) electrons. The van der Waals surface area contributed by atoms with E-state index in [9.17, 15) is 14.7 Å². The number of aliphatic hydroxyl groups excluding tert-OH is 1. The number of rotatable bonds is 5. The summed E-state index contributed by atoms with van der Waals surface area (Å²) >= 11 is 1.10. The number of aliphatic hydroxyl groups is 1. The summed E-state index contributed by atoms with van der Waals surface area (Å²) in [6.07, 6.45) is 0.0902. The number of carbonyl (C=O) groups is 1. The monoisotopic (exact) mass is 230 g/mol. The van der Waals surface area contributed by atoms with Crippen molar-refractivity contribution in [2.24, 2.45) is 0 Å². The number of carboxylic acid groups (broad SMARTS) is 1. The molecule has 0 bridgehead atoms. The van der Waals surface area contributed by atoms with Crippen molar-refractivity contribution in [1.29, 1.82) is 0 Å². The minimum Gasteiger partial charge on any atom is -0.481 e. The Labute approximate surface area is 89.4 Å². The van der Waals surface area contributed by atoms with Crippen LogP contribution in [0.1, 0.15) is 6.42 Å². The topological polar surface area (TPSA) is 103 Å². The van der Waals surface area contributed by atoms with Crippen LogP contribution in [-0.4, -0.2) is 38.0 Å². The minimum atomic E-state index is -1.06. The predicted molar refractivity (Wildman–Crippen MR) is 53.8 cm³/mol. The van der Waals surface area contributed by atoms with Crippen molar-refractivity contribution in [3.63, 3.8) is 0 Å². The van der Waals surface area contributed by atoms with Gasteiger partial charge in [0.05, 0.1) is 12.5 Å². The fourth-order valence-corrected chi connectivity index (χ4v) is 1.64. The zero-order chi connectivity index (χ0) is 11.3. The average molecular weight is 230 g/mol. The van der Waals surface area contributed by atoms with E-state index in [0.717, 1.165) is 11.8 Å². The Balaban J connectivity index is 2.43. The lowest BCUT2D eigenvalue weighted by Crippen LogP contribution is -2.16. The van der Waals surface area contributed by atoms with Crippen LogP contribution in [0, 0.1) is 0 Å². The molecule has 6 nitrogen and oxygen atoms in total. The largest absolute Gasteiger partial charge is 0.481 e. The first kappa shape index (κ1) is 11.7. The van der Waals surface area contributed by atoms with Gasteiger partial charge in [-0.3, -0.25) is 9.59 Å². The molecule has 0 saturated heterocycles. The van der Waals surface area contributed by atoms with Gasteiger partial charge in [-0.25, -0.2) is 4.98 Å². The Morgan fingerprint density at radius 1 is 1.67 bits per heavy atom. The van der Waals surface area contributed by atoms with Gasteiger partial charge < -0.3 is 15.2 Å². The third kappa shape index (κ3) is 4.61. The molecule has 0 aromatic carbocycles. The summed E-state index contributed by atoms with van der Waals surface area (Å²) in [6.45, 7) is 0. The first-order valence-corrected chi connectivity index (χ1v) is 5.14. The molecule has 15 heavy (non-hydrogen) atoms. The SMILES string of the molecule is O=C(O)CC(O)CSc1nccc(=O)[nH]1. The molecule has 3 N–H and O–H groups in total. The first-order valence-electron chi connectivity index (χ1n) is 4.16. The molecular weight excluding hydrogens is 220 g/mol. The molecule has 0 aliphatic carbocycles. The Bertz CT molecular complexity index is 392. The molecule has 1 rings (SSSR count). The van der Waals surface area contributed by atoms with Crippen LogP contribution in [-0.2, 0) is 4.79 Å². The summed E-state index contributed by atoms with van der Waals surface area (Å²) < 4.78 is 0. The second kappa shape index (κ2) is 5.52. The van der Waals surface area contributed by atoms with Crippen LogP contribution in [0.25, 0.3) is 0 Å². The van der Waals surface area contributed by atoms with E-state index in [1.807, 2.05) is 0 Å². The summed E-state index contributed by atoms with van der Waals surface area (Å²) in [7, 11) is 0. The maximum atomic E-state index is 10.8. The molecule has 0 saturated carbocycles. The lowest BCUT2D eigenvalue weighted by molar-refractivity contribution is -0.138. The summed E-state index contributed by atoms with van der Waals surface area (Å²) in [4.78, 5) is 27.4. The Kier molecular flexibility index (Phi) is 4.32. The fourth-order valence-electron chi connectivity index (χ4n) is 0.861. The van der Waals surface area contributed by atoms with Gasteiger partial charge in [0, 0.05) is 18.0 Å². The van der Waals surface area contributed by atoms with Crippen molar-refractivity contribution >= 4 is 17.7 Å². The standard InChI is InChI=1S/C8H10N2O4S/c11-5(3-7(13)14)4-15-8-9-2-1-6(12)10-8/h1-2,5,11H,3-4H2,(H,13,14)(H,9,10,12). The van der Waals surface area contributed by atoms with Gasteiger partial charge in [0.25, 0.3) is 5.56 Å². The van der Waals surface area contributed by atoms with Crippen molar-refractivity contribution < 1.29 is 15.0 Å². The lowest BCUT2D eigenvalue weighted by atomic mass is 10.3. The van der Waals surface area contributed by atoms with E-state index in [1.54, 1.807) is 0 Å². The number of hydrogen-bond acceptors (Lipinski definition) is 5. The summed E-state index contributed by atoms with van der Waals surface area (Å²) in [5, 5.41) is 18.0. The summed E-state index contributed by atoms with van der Waals surface area (Å²) in [5.74, 6) is -0.878. The lowest BCUT2D eigenvalue weighted by Gasteiger charge is -2.05. The smallest absolute Gasteiger partial charge is 0.306 e. The van der Waals surface area contributed by atoms with E-state index in [2.05, 4.69) is 9.97 Å². The second-order valence-electron chi connectivity index (χ2n) is 2.80. The van der Waals surface area contributed by atoms with Gasteiger partial charge in [-0.05, 0) is 0 Å². The second-order valence-corrected chi connectivity index (χ2v) is 3.81. The number of aliphatic carboxylic acids is 1. The van der Waals surface area contributed by atoms with E-state index in [4.69, 9.17) is 5.11 Å². The highest BCUT2D eigenvalue weighted by atomic mass is 32.2. The van der Waals surface area contributed by atoms with Crippen LogP contribution in [0.2, 0.25) is 0 Å². The van der Waals surface area contributed by atoms with Crippen LogP contribution < -0.4 is 5.56 Å². The highest BCUT2D eigenvalue weighted by Gasteiger charge is 2.10. The Morgan fingerprint density at radius 3 is 3.00 bits per heavy atom. The van der Waals surface area contributed by atoms with Crippen molar-refractivity contribution in [2.75, 3.05) is 5.75 Å². The molecule has 0 amide bonds. The van der Waals surface area contributed by atoms with Crippen molar-refractivity contribution in [3.05, 3.63) is 22.6 Å². The predicted octanol–water partition coefficient (Wildman–Crippen LogP) is -0.302. The maximum absolute atomic E-state index is 10.8. The maximum Gasteiger partial charge on any atom is 0.306 e. The van der Waals surface area contributed by atoms with Gasteiger partial charge >= 0.3 is 5.97 Å². The van der Waals surface area contributed by atoms with Crippen LogP contribution in [0.3, 0.4) is 0 Å². The van der Waals surface area contributed by atoms with Gasteiger partial charge in [-0.2, -0.15) is 0 Å². The van der Waals surface area contributed by atoms with E-state index >= 15 is 0 Å². The van der Waals surface area contributed by atoms with E-state index < -0.39 is 12.1 Å². The summed E-state index contributed by atoms with van der Waals surface area (Å²) in [6, 6.07) is 1.28. The number of aromatic nitrogens is 2. The van der Waals surface area contributed by atoms with Crippen LogP contribution in [0.4, 0.5) is 0 Å². The molecule has 82 valence electrons. The first-order chi connectivity index (χ1) is 7.08. The number of thioether (sulfide) groups is 1. The summed E-state index contributed by atoms with van der Waals surface area (Å²) in [5.41, 5.74) is -0.278. The van der Waals surface area contributed by atoms with Crippen molar-refractivity contribution in [1.82, 2.24) is 9.97 Å². The molecule has 0 fully saturated rings. The zero-order valence-electron chi connectivity index (χ0n) is 7.71. The minimum absolute atomic E-state index is 0.180. The number of hydrogen-bond donors (Lipinski definition) is 3. The van der Waals surface area contributed by atoms with Gasteiger partial charge in [0.2, 0.25) is 0 Å². The van der Waals surface area contributed by atoms with Crippen LogP contribution in [0.5, 0.6) is 0 Å². The molecule has 0 spiro atoms.